The van der Waals surface area contributed by atoms with Gasteiger partial charge in [-0.1, -0.05) is 6.07 Å². The first-order valence-corrected chi connectivity index (χ1v) is 6.94. The summed E-state index contributed by atoms with van der Waals surface area (Å²) in [4.78, 5) is 4.27. The van der Waals surface area contributed by atoms with Crippen molar-refractivity contribution in [1.82, 2.24) is 4.98 Å². The van der Waals surface area contributed by atoms with Crippen molar-refractivity contribution < 1.29 is 9.84 Å². The fourth-order valence-electron chi connectivity index (χ4n) is 3.32. The molecule has 3 rings (SSSR count). The van der Waals surface area contributed by atoms with Crippen LogP contribution in [-0.4, -0.2) is 22.3 Å². The first kappa shape index (κ1) is 12.1. The molecule has 2 unspecified atom stereocenters. The van der Waals surface area contributed by atoms with Crippen LogP contribution in [0.5, 0.6) is 0 Å². The third kappa shape index (κ3) is 2.06. The van der Waals surface area contributed by atoms with E-state index in [0.29, 0.717) is 5.92 Å². The van der Waals surface area contributed by atoms with E-state index in [0.717, 1.165) is 30.7 Å². The van der Waals surface area contributed by atoms with E-state index in [-0.39, 0.29) is 11.7 Å². The van der Waals surface area contributed by atoms with Gasteiger partial charge in [0.15, 0.2) is 0 Å². The van der Waals surface area contributed by atoms with Gasteiger partial charge in [0.25, 0.3) is 0 Å². The van der Waals surface area contributed by atoms with Gasteiger partial charge in [-0.25, -0.2) is 0 Å². The quantitative estimate of drug-likeness (QED) is 0.873. The Bertz CT molecular complexity index is 428. The molecular formula is C15H21NO2. The van der Waals surface area contributed by atoms with Crippen molar-refractivity contribution in [3.63, 3.8) is 0 Å². The zero-order valence-electron chi connectivity index (χ0n) is 10.9. The van der Waals surface area contributed by atoms with Gasteiger partial charge in [-0.15, -0.1) is 0 Å². The number of nitrogens with zero attached hydrogens (tertiary/aromatic N) is 1. The highest BCUT2D eigenvalue weighted by molar-refractivity contribution is 5.22. The van der Waals surface area contributed by atoms with Crippen LogP contribution in [0.3, 0.4) is 0 Å². The van der Waals surface area contributed by atoms with Crippen LogP contribution < -0.4 is 0 Å². The average Bonchev–Trinajstić information content (AvgIpc) is 2.37. The number of ether oxygens (including phenoxy) is 1. The van der Waals surface area contributed by atoms with Gasteiger partial charge >= 0.3 is 0 Å². The van der Waals surface area contributed by atoms with Crippen molar-refractivity contribution >= 4 is 0 Å². The first-order valence-electron chi connectivity index (χ1n) is 6.94. The van der Waals surface area contributed by atoms with E-state index in [4.69, 9.17) is 4.74 Å². The Morgan fingerprint density at radius 3 is 3.00 bits per heavy atom. The number of pyridine rings is 1. The molecule has 1 aliphatic carbocycles. The molecule has 3 heteroatoms. The molecule has 98 valence electrons. The van der Waals surface area contributed by atoms with Gasteiger partial charge < -0.3 is 9.84 Å². The van der Waals surface area contributed by atoms with Crippen LogP contribution in [0.15, 0.2) is 18.3 Å². The summed E-state index contributed by atoms with van der Waals surface area (Å²) in [6.45, 7) is 2.76. The Hall–Kier alpha value is -0.930. The van der Waals surface area contributed by atoms with E-state index >= 15 is 0 Å². The number of aliphatic hydroxyl groups is 1. The van der Waals surface area contributed by atoms with Crippen molar-refractivity contribution in [3.8, 4) is 0 Å². The normalized spacial score (nSPS) is 27.8. The van der Waals surface area contributed by atoms with Gasteiger partial charge in [-0.2, -0.15) is 0 Å². The second-order valence-corrected chi connectivity index (χ2v) is 5.76. The summed E-state index contributed by atoms with van der Waals surface area (Å²) in [5.41, 5.74) is 2.03. The molecule has 18 heavy (non-hydrogen) atoms. The molecule has 1 saturated carbocycles. The van der Waals surface area contributed by atoms with Gasteiger partial charge in [-0.05, 0) is 51.0 Å². The van der Waals surface area contributed by atoms with Crippen LogP contribution in [0.4, 0.5) is 0 Å². The summed E-state index contributed by atoms with van der Waals surface area (Å²) in [6.07, 6.45) is 6.96. The summed E-state index contributed by atoms with van der Waals surface area (Å²) in [5.74, 6) is 0.321. The fourth-order valence-corrected chi connectivity index (χ4v) is 3.32. The SMILES string of the molecule is Cc1ncccc1C(O)C1CCOC2(CCC2)C1. The van der Waals surface area contributed by atoms with Crippen molar-refractivity contribution in [3.05, 3.63) is 29.6 Å². The zero-order chi connectivity index (χ0) is 12.6. The number of rotatable bonds is 2. The summed E-state index contributed by atoms with van der Waals surface area (Å²) in [5, 5.41) is 10.6. The Kier molecular flexibility index (Phi) is 3.12. The lowest BCUT2D eigenvalue weighted by Crippen LogP contribution is -2.46. The monoisotopic (exact) mass is 247 g/mol. The molecule has 1 N–H and O–H groups in total. The van der Waals surface area contributed by atoms with Crippen LogP contribution in [-0.2, 0) is 4.74 Å². The molecule has 2 aliphatic rings. The third-order valence-corrected chi connectivity index (χ3v) is 4.61. The van der Waals surface area contributed by atoms with Gasteiger partial charge in [0.2, 0.25) is 0 Å². The lowest BCUT2D eigenvalue weighted by molar-refractivity contribution is -0.157. The molecule has 2 heterocycles. The highest BCUT2D eigenvalue weighted by atomic mass is 16.5. The zero-order valence-corrected chi connectivity index (χ0v) is 10.9. The number of hydrogen-bond donors (Lipinski definition) is 1. The van der Waals surface area contributed by atoms with Crippen molar-refractivity contribution in [2.24, 2.45) is 5.92 Å². The summed E-state index contributed by atoms with van der Waals surface area (Å²) < 4.78 is 5.92. The second-order valence-electron chi connectivity index (χ2n) is 5.76. The van der Waals surface area contributed by atoms with Crippen molar-refractivity contribution in [2.75, 3.05) is 6.61 Å². The van der Waals surface area contributed by atoms with E-state index in [2.05, 4.69) is 4.98 Å². The molecule has 1 aromatic heterocycles. The van der Waals surface area contributed by atoms with E-state index in [9.17, 15) is 5.11 Å². The van der Waals surface area contributed by atoms with E-state index in [1.807, 2.05) is 19.1 Å². The predicted molar refractivity (Wildman–Crippen MR) is 69.2 cm³/mol. The Morgan fingerprint density at radius 1 is 1.50 bits per heavy atom. The van der Waals surface area contributed by atoms with Gasteiger partial charge in [-0.3, -0.25) is 4.98 Å². The van der Waals surface area contributed by atoms with Crippen LogP contribution >= 0.6 is 0 Å². The number of aryl methyl sites for hydroxylation is 1. The van der Waals surface area contributed by atoms with Crippen LogP contribution in [0, 0.1) is 12.8 Å². The van der Waals surface area contributed by atoms with E-state index in [1.165, 1.54) is 19.3 Å². The first-order chi connectivity index (χ1) is 8.70. The van der Waals surface area contributed by atoms with E-state index < -0.39 is 0 Å². The van der Waals surface area contributed by atoms with E-state index in [1.54, 1.807) is 6.20 Å². The van der Waals surface area contributed by atoms with Crippen molar-refractivity contribution in [2.45, 2.75) is 50.7 Å². The Labute approximate surface area is 108 Å². The van der Waals surface area contributed by atoms with Crippen LogP contribution in [0.2, 0.25) is 0 Å². The lowest BCUT2D eigenvalue weighted by Gasteiger charge is -2.48. The number of aromatic nitrogens is 1. The van der Waals surface area contributed by atoms with Crippen LogP contribution in [0.1, 0.15) is 49.5 Å². The second kappa shape index (κ2) is 4.63. The molecule has 0 aromatic carbocycles. The fraction of sp³-hybridized carbons (Fsp3) is 0.667. The predicted octanol–water partition coefficient (Wildman–Crippen LogP) is 2.77. The molecule has 1 saturated heterocycles. The number of aliphatic hydroxyl groups excluding tert-OH is 1. The third-order valence-electron chi connectivity index (χ3n) is 4.61. The molecule has 1 spiro atoms. The molecule has 2 atom stereocenters. The topological polar surface area (TPSA) is 42.4 Å². The molecule has 3 nitrogen and oxygen atoms in total. The maximum absolute atomic E-state index is 10.6. The molecule has 0 radical (unpaired) electrons. The Balaban J connectivity index is 1.76. The van der Waals surface area contributed by atoms with Gasteiger partial charge in [0.05, 0.1) is 11.7 Å². The summed E-state index contributed by atoms with van der Waals surface area (Å²) in [6, 6.07) is 3.90. The molecule has 0 amide bonds. The highest BCUT2D eigenvalue weighted by Gasteiger charge is 2.44. The molecular weight excluding hydrogens is 226 g/mol. The highest BCUT2D eigenvalue weighted by Crippen LogP contribution is 2.47. The minimum absolute atomic E-state index is 0.0972. The maximum atomic E-state index is 10.6. The smallest absolute Gasteiger partial charge is 0.0837 e. The average molecular weight is 247 g/mol. The van der Waals surface area contributed by atoms with Crippen molar-refractivity contribution in [1.29, 1.82) is 0 Å². The molecule has 2 fully saturated rings. The molecule has 1 aliphatic heterocycles. The van der Waals surface area contributed by atoms with Gasteiger partial charge in [0, 0.05) is 24.1 Å². The lowest BCUT2D eigenvalue weighted by atomic mass is 9.70. The minimum atomic E-state index is -0.389. The Morgan fingerprint density at radius 2 is 2.33 bits per heavy atom. The maximum Gasteiger partial charge on any atom is 0.0837 e. The standard InChI is InChI=1S/C15H21NO2/c1-11-13(4-2-8-16-11)14(17)12-5-9-18-15(10-12)6-3-7-15/h2,4,8,12,14,17H,3,5-7,9-10H2,1H3. The molecule has 0 bridgehead atoms. The summed E-state index contributed by atoms with van der Waals surface area (Å²) >= 11 is 0. The summed E-state index contributed by atoms with van der Waals surface area (Å²) in [7, 11) is 0. The van der Waals surface area contributed by atoms with Crippen LogP contribution in [0.25, 0.3) is 0 Å². The molecule has 1 aromatic rings. The van der Waals surface area contributed by atoms with Gasteiger partial charge in [0.1, 0.15) is 0 Å². The largest absolute Gasteiger partial charge is 0.388 e. The number of hydrogen-bond acceptors (Lipinski definition) is 3. The minimum Gasteiger partial charge on any atom is -0.388 e.